The van der Waals surface area contributed by atoms with Crippen molar-refractivity contribution in [2.75, 3.05) is 18.5 Å². The number of rotatable bonds is 14. The van der Waals surface area contributed by atoms with Crippen molar-refractivity contribution in [3.8, 4) is 0 Å². The van der Waals surface area contributed by atoms with Crippen molar-refractivity contribution in [2.24, 2.45) is 28.6 Å². The summed E-state index contributed by atoms with van der Waals surface area (Å²) in [4.78, 5) is 76.6. The van der Waals surface area contributed by atoms with Crippen molar-refractivity contribution in [2.45, 2.75) is 115 Å². The first-order chi connectivity index (χ1) is 31.2. The second-order valence-electron chi connectivity index (χ2n) is 19.4. The van der Waals surface area contributed by atoms with Crippen LogP contribution in [-0.4, -0.2) is 99.2 Å². The molecule has 4 fully saturated rings. The molecule has 2 heterocycles. The lowest BCUT2D eigenvalue weighted by Gasteiger charge is -2.63. The number of nitrogens with zero attached hydrogens (tertiary/aromatic N) is 1. The van der Waals surface area contributed by atoms with Crippen molar-refractivity contribution in [1.29, 1.82) is 0 Å². The molecule has 15 heteroatoms. The third kappa shape index (κ3) is 7.51. The van der Waals surface area contributed by atoms with E-state index in [0.717, 1.165) is 28.2 Å². The second-order valence-corrected chi connectivity index (χ2v) is 19.4. The molecule has 13 atom stereocenters. The molecule has 2 aromatic carbocycles. The molecule has 0 spiro atoms. The zero-order chi connectivity index (χ0) is 47.7. The Morgan fingerprint density at radius 3 is 2.21 bits per heavy atom. The maximum absolute atomic E-state index is 17.8. The third-order valence-electron chi connectivity index (χ3n) is 15.7. The van der Waals surface area contributed by atoms with Crippen molar-refractivity contribution < 1.29 is 57.2 Å². The van der Waals surface area contributed by atoms with E-state index >= 15 is 8.78 Å². The van der Waals surface area contributed by atoms with Gasteiger partial charge in [-0.25, -0.2) is 8.78 Å². The van der Waals surface area contributed by atoms with Gasteiger partial charge in [0.05, 0.1) is 18.2 Å². The highest BCUT2D eigenvalue weighted by Crippen LogP contribution is 2.72. The van der Waals surface area contributed by atoms with E-state index in [1.807, 2.05) is 43.3 Å². The molecule has 4 amide bonds. The molecule has 0 radical (unpaired) electrons. The average Bonchev–Trinajstić information content (AvgIpc) is 3.92. The van der Waals surface area contributed by atoms with E-state index in [-0.39, 0.29) is 61.8 Å². The van der Waals surface area contributed by atoms with Gasteiger partial charge in [-0.05, 0) is 73.4 Å². The number of nitrogens with one attached hydrogen (secondary N) is 2. The van der Waals surface area contributed by atoms with Crippen molar-refractivity contribution in [3.63, 3.8) is 0 Å². The van der Waals surface area contributed by atoms with Crippen molar-refractivity contribution in [1.82, 2.24) is 10.2 Å². The van der Waals surface area contributed by atoms with Crippen LogP contribution < -0.4 is 10.6 Å². The van der Waals surface area contributed by atoms with Crippen LogP contribution in [0.5, 0.6) is 0 Å². The van der Waals surface area contributed by atoms with E-state index in [1.54, 1.807) is 51.1 Å². The minimum absolute atomic E-state index is 0.0920. The number of aliphatic hydroxyl groups is 2. The van der Waals surface area contributed by atoms with Gasteiger partial charge in [0.15, 0.2) is 29.1 Å². The lowest BCUT2D eigenvalue weighted by Crippen LogP contribution is -2.70. The highest BCUT2D eigenvalue weighted by atomic mass is 19.1. The molecule has 0 unspecified atom stereocenters. The highest BCUT2D eigenvalue weighted by Gasteiger charge is 2.80. The normalized spacial score (nSPS) is 34.4. The summed E-state index contributed by atoms with van der Waals surface area (Å²) in [6.45, 7) is 11.5. The Kier molecular flexibility index (Phi) is 12.3. The van der Waals surface area contributed by atoms with Crippen LogP contribution in [0.4, 0.5) is 14.5 Å². The molecule has 0 aromatic heterocycles. The first kappa shape index (κ1) is 47.0. The molecule has 4 N–H and O–H groups in total. The van der Waals surface area contributed by atoms with Gasteiger partial charge in [-0.15, -0.1) is 0 Å². The number of ketones is 2. The van der Waals surface area contributed by atoms with Gasteiger partial charge in [0.2, 0.25) is 11.8 Å². The van der Waals surface area contributed by atoms with Crippen LogP contribution in [0.1, 0.15) is 95.6 Å². The van der Waals surface area contributed by atoms with Crippen LogP contribution in [0.3, 0.4) is 0 Å². The largest absolute Gasteiger partial charge is 0.390 e. The fourth-order valence-corrected chi connectivity index (χ4v) is 11.9. The van der Waals surface area contributed by atoms with Gasteiger partial charge in [0.25, 0.3) is 11.8 Å². The van der Waals surface area contributed by atoms with Gasteiger partial charge in [-0.1, -0.05) is 82.0 Å². The van der Waals surface area contributed by atoms with Gasteiger partial charge >= 0.3 is 0 Å². The van der Waals surface area contributed by atoms with Crippen LogP contribution in [0, 0.1) is 28.6 Å². The van der Waals surface area contributed by atoms with Crippen LogP contribution in [0.15, 0.2) is 96.6 Å². The fraction of sp³-hybridized carbons (Fsp3) is 0.490. The van der Waals surface area contributed by atoms with Gasteiger partial charge in [0, 0.05) is 71.4 Å². The van der Waals surface area contributed by atoms with Gasteiger partial charge < -0.3 is 30.3 Å². The Labute approximate surface area is 382 Å². The molecule has 0 bridgehead atoms. The van der Waals surface area contributed by atoms with Crippen LogP contribution >= 0.6 is 0 Å². The molecule has 2 aromatic rings. The summed E-state index contributed by atoms with van der Waals surface area (Å²) in [7, 11) is 0. The Morgan fingerprint density at radius 2 is 1.58 bits per heavy atom. The summed E-state index contributed by atoms with van der Waals surface area (Å²) < 4.78 is 47.1. The number of hydrogen-bond donors (Lipinski definition) is 4. The van der Waals surface area contributed by atoms with Gasteiger partial charge in [-0.3, -0.25) is 33.7 Å². The zero-order valence-corrected chi connectivity index (χ0v) is 37.7. The maximum Gasteiger partial charge on any atom is 0.253 e. The second kappa shape index (κ2) is 17.3. The number of carbonyl (C=O) groups excluding carboxylic acids is 6. The van der Waals surface area contributed by atoms with E-state index in [2.05, 4.69) is 17.2 Å². The van der Waals surface area contributed by atoms with E-state index in [1.165, 1.54) is 6.92 Å². The minimum Gasteiger partial charge on any atom is -0.390 e. The lowest BCUT2D eigenvalue weighted by molar-refractivity contribution is -0.235. The first-order valence-corrected chi connectivity index (χ1v) is 22.6. The number of aliphatic hydroxyl groups excluding tert-OH is 2. The molecule has 350 valence electrons. The number of amides is 4. The number of Topliss-reactive ketones (excluding diaryl/α,β-unsaturated/α-hetero) is 2. The Hall–Kier alpha value is -5.48. The summed E-state index contributed by atoms with van der Waals surface area (Å²) in [5.41, 5.74) is -2.74. The molecular formula is C51H57F2N3O10. The SMILES string of the molecule is C=C1C=C[C@@]2(C)C(=C1)[C@@H](F)C[C@H]1[C@@H]3C[C@H]4O[C@@H](c5ccc([C@@H](C)c6ccc(NC(=O)[C@H](C)CC(=O)[C@H](C)NC(=O)CCN7C(=O)C=CC7=O)cc6)cc5)O[C@@]4(C(=O)CO)[C@@]3(C)C[C@H](O)[C@@]12F. The van der Waals surface area contributed by atoms with Crippen LogP contribution in [0.25, 0.3) is 0 Å². The number of fused-ring (bicyclic) bond motifs is 7. The molecule has 8 rings (SSSR count). The first-order valence-electron chi connectivity index (χ1n) is 22.6. The van der Waals surface area contributed by atoms with Crippen molar-refractivity contribution >= 4 is 40.9 Å². The average molecular weight is 910 g/mol. The molecule has 4 aliphatic carbocycles. The summed E-state index contributed by atoms with van der Waals surface area (Å²) in [6, 6.07) is 13.9. The smallest absolute Gasteiger partial charge is 0.253 e. The number of imide groups is 1. The summed E-state index contributed by atoms with van der Waals surface area (Å²) in [5, 5.41) is 27.6. The van der Waals surface area contributed by atoms with Gasteiger partial charge in [0.1, 0.15) is 12.8 Å². The van der Waals surface area contributed by atoms with Crippen LogP contribution in [-0.2, 0) is 38.2 Å². The van der Waals surface area contributed by atoms with Crippen LogP contribution in [0.2, 0.25) is 0 Å². The summed E-state index contributed by atoms with van der Waals surface area (Å²) in [5.74, 6) is -5.23. The monoisotopic (exact) mass is 909 g/mol. The predicted molar refractivity (Wildman–Crippen MR) is 238 cm³/mol. The van der Waals surface area contributed by atoms with Gasteiger partial charge in [-0.2, -0.15) is 0 Å². The molecule has 6 aliphatic rings. The Balaban J connectivity index is 0.882. The van der Waals surface area contributed by atoms with E-state index in [9.17, 15) is 39.0 Å². The maximum atomic E-state index is 17.8. The Morgan fingerprint density at radius 1 is 0.939 bits per heavy atom. The van der Waals surface area contributed by atoms with Crippen molar-refractivity contribution in [3.05, 3.63) is 113 Å². The molecule has 66 heavy (non-hydrogen) atoms. The number of ether oxygens (including phenoxy) is 2. The van der Waals surface area contributed by atoms with E-state index < -0.39 is 101 Å². The number of benzene rings is 2. The standard InChI is InChI=1S/C51H57F2N3O10/c1-27-17-19-48(5)37(21-27)38(52)23-36-35-24-42-51(41(60)26-57,49(35,6)25-40(59)50(36,48)53)66-47(65-42)33-9-7-31(8-10-33)29(3)32-11-13-34(14-12-32)55-46(64)28(2)22-39(58)30(4)54-43(61)18-20-56-44(62)15-16-45(56)63/h7-17,19,21,28-30,35-36,38,40,42,47,57,59H,1,18,20,22-26H2,2-6H3,(H,54,61)(H,55,64)/t28-,29-,30+,35+,36+,38+,40+,42-,47-,48+,49+,50+,51-/m1/s1. The van der Waals surface area contributed by atoms with E-state index in [4.69, 9.17) is 9.47 Å². The molecular weight excluding hydrogens is 853 g/mol. The third-order valence-corrected chi connectivity index (χ3v) is 15.7. The Bertz CT molecular complexity index is 2440. The fourth-order valence-electron chi connectivity index (χ4n) is 11.9. The number of anilines is 1. The zero-order valence-electron chi connectivity index (χ0n) is 37.7. The summed E-state index contributed by atoms with van der Waals surface area (Å²) in [6.07, 6.45) is 1.69. The molecule has 13 nitrogen and oxygen atoms in total. The number of carbonyl (C=O) groups is 6. The summed E-state index contributed by atoms with van der Waals surface area (Å²) >= 11 is 0. The quantitative estimate of drug-likeness (QED) is 0.168. The highest BCUT2D eigenvalue weighted by molar-refractivity contribution is 6.13. The molecule has 2 aliphatic heterocycles. The number of halogens is 2. The molecule has 3 saturated carbocycles. The topological polar surface area (TPSA) is 189 Å². The molecule has 1 saturated heterocycles. The number of alkyl halides is 2. The van der Waals surface area contributed by atoms with E-state index in [0.29, 0.717) is 16.8 Å². The predicted octanol–water partition coefficient (Wildman–Crippen LogP) is 5.82. The number of hydrogen-bond acceptors (Lipinski definition) is 10. The minimum atomic E-state index is -2.24. The number of allylic oxidation sites excluding steroid dienone is 5. The lowest BCUT2D eigenvalue weighted by atomic mass is 9.44.